The Morgan fingerprint density at radius 3 is 1.54 bits per heavy atom. The van der Waals surface area contributed by atoms with Gasteiger partial charge in [0.2, 0.25) is 22.5 Å². The highest BCUT2D eigenvalue weighted by Crippen LogP contribution is 2.30. The van der Waals surface area contributed by atoms with Crippen LogP contribution in [0.4, 0.5) is 0 Å². The van der Waals surface area contributed by atoms with Crippen LogP contribution in [-0.2, 0) is 0 Å². The third kappa shape index (κ3) is 5.05. The highest BCUT2D eigenvalue weighted by atomic mass is 28.4. The molecule has 0 radical (unpaired) electrons. The number of fused-ring (bicyclic) bond motifs is 1. The fraction of sp³-hybridized carbons (Fsp3) is 0.706. The Morgan fingerprint density at radius 2 is 1.14 bits per heavy atom. The number of rotatable bonds is 6. The van der Waals surface area contributed by atoms with Crippen molar-refractivity contribution in [3.63, 3.8) is 0 Å². The molecule has 11 heteroatoms. The van der Waals surface area contributed by atoms with Crippen molar-refractivity contribution in [2.75, 3.05) is 0 Å². The van der Waals surface area contributed by atoms with Crippen LogP contribution >= 0.6 is 0 Å². The Balaban J connectivity index is 3.03. The SMILES string of the molecule is C[Si](C)(C)Oc1nc(O[Si](C)(C)C)c2c(n1)n([Si](C)(C)C)c(=O)n2[Si](C)(C)C. The molecular weight excluding hydrogens is 421 g/mol. The predicted octanol–water partition coefficient (Wildman–Crippen LogP) is 4.39. The number of aromatic nitrogens is 4. The summed E-state index contributed by atoms with van der Waals surface area (Å²) in [6.45, 7) is 25.6. The van der Waals surface area contributed by atoms with Gasteiger partial charge in [0.15, 0.2) is 22.1 Å². The van der Waals surface area contributed by atoms with E-state index in [-0.39, 0.29) is 5.69 Å². The van der Waals surface area contributed by atoms with Gasteiger partial charge in [0.05, 0.1) is 0 Å². The molecule has 0 amide bonds. The molecule has 0 aliphatic carbocycles. The van der Waals surface area contributed by atoms with Crippen LogP contribution in [0.2, 0.25) is 78.6 Å². The molecule has 0 spiro atoms. The minimum atomic E-state index is -2.04. The highest BCUT2D eigenvalue weighted by Gasteiger charge is 2.35. The zero-order valence-corrected chi connectivity index (χ0v) is 23.5. The predicted molar refractivity (Wildman–Crippen MR) is 127 cm³/mol. The van der Waals surface area contributed by atoms with E-state index in [1.807, 2.05) is 8.47 Å². The van der Waals surface area contributed by atoms with Crippen molar-refractivity contribution >= 4 is 44.3 Å². The number of hydrogen-bond donors (Lipinski definition) is 0. The van der Waals surface area contributed by atoms with E-state index in [0.717, 1.165) is 5.52 Å². The summed E-state index contributed by atoms with van der Waals surface area (Å²) in [5, 5.41) is 0. The van der Waals surface area contributed by atoms with Gasteiger partial charge in [-0.25, -0.2) is 4.79 Å². The van der Waals surface area contributed by atoms with Crippen LogP contribution in [0, 0.1) is 0 Å². The lowest BCUT2D eigenvalue weighted by molar-refractivity contribution is 0.481. The van der Waals surface area contributed by atoms with Crippen molar-refractivity contribution in [3.8, 4) is 11.9 Å². The van der Waals surface area contributed by atoms with Gasteiger partial charge in [0.25, 0.3) is 0 Å². The van der Waals surface area contributed by atoms with E-state index in [1.165, 1.54) is 0 Å². The van der Waals surface area contributed by atoms with Crippen LogP contribution in [0.1, 0.15) is 0 Å². The van der Waals surface area contributed by atoms with Crippen LogP contribution in [0.3, 0.4) is 0 Å². The fourth-order valence-corrected chi connectivity index (χ4v) is 7.42. The van der Waals surface area contributed by atoms with Crippen molar-refractivity contribution in [1.82, 2.24) is 18.4 Å². The maximum Gasteiger partial charge on any atom is 0.314 e. The number of hydrogen-bond acceptors (Lipinski definition) is 5. The molecule has 0 aromatic carbocycles. The molecule has 7 nitrogen and oxygen atoms in total. The lowest BCUT2D eigenvalue weighted by Gasteiger charge is -2.24. The van der Waals surface area contributed by atoms with Crippen LogP contribution in [-0.4, -0.2) is 51.5 Å². The maximum absolute atomic E-state index is 13.5. The summed E-state index contributed by atoms with van der Waals surface area (Å²) in [6, 6.07) is 0.319. The van der Waals surface area contributed by atoms with Crippen molar-refractivity contribution in [3.05, 3.63) is 10.5 Å². The summed E-state index contributed by atoms with van der Waals surface area (Å²) in [5.41, 5.74) is 1.40. The van der Waals surface area contributed by atoms with Gasteiger partial charge in [-0.3, -0.25) is 0 Å². The molecule has 2 rings (SSSR count). The third-order valence-electron chi connectivity index (χ3n) is 3.77. The fourth-order valence-electron chi connectivity index (χ4n) is 2.95. The first-order valence-electron chi connectivity index (χ1n) is 9.76. The van der Waals surface area contributed by atoms with Gasteiger partial charge < -0.3 is 17.3 Å². The molecule has 0 aliphatic rings. The van der Waals surface area contributed by atoms with Gasteiger partial charge in [-0.15, -0.1) is 0 Å². The molecule has 0 bridgehead atoms. The lowest BCUT2D eigenvalue weighted by Crippen LogP contribution is -2.47. The molecule has 2 aromatic heterocycles. The molecular formula is C17H36N4O3Si4. The smallest absolute Gasteiger partial charge is 0.314 e. The number of imidazole rings is 1. The first kappa shape index (κ1) is 23.1. The van der Waals surface area contributed by atoms with E-state index in [4.69, 9.17) is 13.8 Å². The normalized spacial score (nSPS) is 13.9. The first-order chi connectivity index (χ1) is 12.3. The summed E-state index contributed by atoms with van der Waals surface area (Å²) in [4.78, 5) is 23.0. The van der Waals surface area contributed by atoms with E-state index < -0.39 is 33.1 Å². The van der Waals surface area contributed by atoms with Crippen LogP contribution < -0.4 is 14.5 Å². The molecule has 0 atom stereocenters. The first-order valence-corrected chi connectivity index (χ1v) is 23.5. The molecule has 0 fully saturated rings. The minimum Gasteiger partial charge on any atom is -0.530 e. The second-order valence-corrected chi connectivity index (χ2v) is 29.6. The summed E-state index contributed by atoms with van der Waals surface area (Å²) in [7, 11) is -7.96. The molecule has 2 aromatic rings. The Bertz CT molecular complexity index is 941. The van der Waals surface area contributed by atoms with Crippen molar-refractivity contribution < 1.29 is 8.85 Å². The Labute approximate surface area is 172 Å². The molecule has 0 saturated heterocycles. The Morgan fingerprint density at radius 1 is 0.679 bits per heavy atom. The Kier molecular flexibility index (Phi) is 5.74. The van der Waals surface area contributed by atoms with Gasteiger partial charge in [-0.1, -0.05) is 39.3 Å². The van der Waals surface area contributed by atoms with Crippen molar-refractivity contribution in [2.24, 2.45) is 0 Å². The average molecular weight is 457 g/mol. The van der Waals surface area contributed by atoms with E-state index in [0.29, 0.717) is 17.5 Å². The summed E-state index contributed by atoms with van der Waals surface area (Å²) >= 11 is 0. The van der Waals surface area contributed by atoms with Crippen molar-refractivity contribution in [2.45, 2.75) is 78.6 Å². The highest BCUT2D eigenvalue weighted by molar-refractivity contribution is 6.77. The van der Waals surface area contributed by atoms with Crippen LogP contribution in [0.5, 0.6) is 11.9 Å². The summed E-state index contributed by atoms with van der Waals surface area (Å²) in [6.07, 6.45) is 0. The second kappa shape index (κ2) is 6.95. The van der Waals surface area contributed by atoms with Crippen LogP contribution in [0.15, 0.2) is 4.79 Å². The minimum absolute atomic E-state index is 0.00760. The van der Waals surface area contributed by atoms with E-state index in [1.54, 1.807) is 0 Å². The monoisotopic (exact) mass is 456 g/mol. The zero-order chi connectivity index (χ0) is 21.9. The quantitative estimate of drug-likeness (QED) is 0.603. The Hall–Kier alpha value is -1.18. The van der Waals surface area contributed by atoms with Gasteiger partial charge in [0.1, 0.15) is 5.52 Å². The van der Waals surface area contributed by atoms with Gasteiger partial charge in [-0.2, -0.15) is 9.97 Å². The second-order valence-electron chi connectivity index (χ2n) is 11.2. The summed E-state index contributed by atoms with van der Waals surface area (Å²) < 4.78 is 16.3. The third-order valence-corrected chi connectivity index (χ3v) is 8.88. The van der Waals surface area contributed by atoms with E-state index in [2.05, 4.69) is 83.5 Å². The van der Waals surface area contributed by atoms with Gasteiger partial charge in [0, 0.05) is 0 Å². The molecule has 0 N–H and O–H groups in total. The molecule has 0 saturated carbocycles. The number of nitrogens with zero attached hydrogens (tertiary/aromatic N) is 4. The molecule has 0 aliphatic heterocycles. The average Bonchev–Trinajstić information content (AvgIpc) is 2.66. The summed E-state index contributed by atoms with van der Waals surface area (Å²) in [5.74, 6) is 0.494. The van der Waals surface area contributed by atoms with E-state index >= 15 is 0 Å². The molecule has 28 heavy (non-hydrogen) atoms. The zero-order valence-electron chi connectivity index (χ0n) is 19.5. The standard InChI is InChI=1S/C17H36N4O3Si4/c1-25(2,3)20-13-14(21(17(20)22)26(4,5)6)18-16(24-28(10,11)12)19-15(13)23-27(7,8)9/h1-12H3. The molecule has 2 heterocycles. The molecule has 0 unspecified atom stereocenters. The largest absolute Gasteiger partial charge is 0.530 e. The van der Waals surface area contributed by atoms with E-state index in [9.17, 15) is 4.79 Å². The van der Waals surface area contributed by atoms with Crippen molar-refractivity contribution in [1.29, 1.82) is 0 Å². The molecule has 158 valence electrons. The lowest BCUT2D eigenvalue weighted by atomic mass is 10.5. The van der Waals surface area contributed by atoms with Gasteiger partial charge in [-0.05, 0) is 39.3 Å². The van der Waals surface area contributed by atoms with Crippen LogP contribution in [0.25, 0.3) is 11.2 Å². The maximum atomic E-state index is 13.5. The topological polar surface area (TPSA) is 71.2 Å². The van der Waals surface area contributed by atoms with Gasteiger partial charge >= 0.3 is 11.7 Å².